The van der Waals surface area contributed by atoms with Gasteiger partial charge in [-0.3, -0.25) is 4.79 Å². The molecule has 0 spiro atoms. The predicted molar refractivity (Wildman–Crippen MR) is 67.2 cm³/mol. The number of ketones is 1. The van der Waals surface area contributed by atoms with Gasteiger partial charge in [0.05, 0.1) is 6.04 Å². The number of nitrogens with one attached hydrogen (secondary N) is 2. The van der Waals surface area contributed by atoms with E-state index >= 15 is 0 Å². The van der Waals surface area contributed by atoms with Gasteiger partial charge in [-0.05, 0) is 26.3 Å². The molecule has 6 nitrogen and oxygen atoms in total. The minimum atomic E-state index is -1.12. The standard InChI is InChI=1S/C12H22N2O4/c1-7(2)10(13-4)11(16)14-9(12(17)18)6-5-8(3)15/h7,9-10,13H,5-6H2,1-4H3,(H,14,16)(H,17,18). The van der Waals surface area contributed by atoms with E-state index in [1.54, 1.807) is 7.05 Å². The van der Waals surface area contributed by atoms with Crippen LogP contribution in [0.1, 0.15) is 33.6 Å². The second kappa shape index (κ2) is 7.81. The third-order valence-electron chi connectivity index (χ3n) is 2.66. The van der Waals surface area contributed by atoms with Crippen LogP contribution < -0.4 is 10.6 Å². The number of carboxylic acid groups (broad SMARTS) is 1. The smallest absolute Gasteiger partial charge is 0.326 e. The number of amides is 1. The predicted octanol–water partition coefficient (Wildman–Crippen LogP) is 0.169. The quantitative estimate of drug-likeness (QED) is 0.577. The largest absolute Gasteiger partial charge is 0.480 e. The molecule has 2 unspecified atom stereocenters. The van der Waals surface area contributed by atoms with Crippen molar-refractivity contribution in [3.8, 4) is 0 Å². The summed E-state index contributed by atoms with van der Waals surface area (Å²) >= 11 is 0. The van der Waals surface area contributed by atoms with Gasteiger partial charge in [-0.2, -0.15) is 0 Å². The molecular weight excluding hydrogens is 236 g/mol. The third-order valence-corrected chi connectivity index (χ3v) is 2.66. The molecule has 0 fully saturated rings. The van der Waals surface area contributed by atoms with Crippen molar-refractivity contribution in [3.63, 3.8) is 0 Å². The highest BCUT2D eigenvalue weighted by atomic mass is 16.4. The van der Waals surface area contributed by atoms with Crippen molar-refractivity contribution in [2.75, 3.05) is 7.05 Å². The molecule has 0 aromatic carbocycles. The summed E-state index contributed by atoms with van der Waals surface area (Å²) in [6, 6.07) is -1.46. The molecule has 2 atom stereocenters. The number of carbonyl (C=O) groups excluding carboxylic acids is 2. The Hall–Kier alpha value is -1.43. The van der Waals surface area contributed by atoms with Crippen molar-refractivity contribution in [1.29, 1.82) is 0 Å². The van der Waals surface area contributed by atoms with Gasteiger partial charge in [-0.15, -0.1) is 0 Å². The zero-order valence-corrected chi connectivity index (χ0v) is 11.3. The SMILES string of the molecule is CNC(C(=O)NC(CCC(C)=O)C(=O)O)C(C)C. The molecule has 6 heteroatoms. The lowest BCUT2D eigenvalue weighted by Crippen LogP contribution is -2.51. The minimum Gasteiger partial charge on any atom is -0.480 e. The molecule has 0 rings (SSSR count). The van der Waals surface area contributed by atoms with Crippen LogP contribution in [0.2, 0.25) is 0 Å². The lowest BCUT2D eigenvalue weighted by atomic mass is 10.0. The Morgan fingerprint density at radius 3 is 2.11 bits per heavy atom. The molecule has 104 valence electrons. The van der Waals surface area contributed by atoms with Gasteiger partial charge >= 0.3 is 5.97 Å². The molecule has 0 heterocycles. The van der Waals surface area contributed by atoms with E-state index in [2.05, 4.69) is 10.6 Å². The molecule has 0 aliphatic carbocycles. The molecule has 0 bridgehead atoms. The molecule has 0 aromatic rings. The molecular formula is C12H22N2O4. The van der Waals surface area contributed by atoms with Crippen LogP contribution in [-0.4, -0.2) is 41.9 Å². The van der Waals surface area contributed by atoms with Gasteiger partial charge in [0.2, 0.25) is 5.91 Å². The first kappa shape index (κ1) is 16.6. The van der Waals surface area contributed by atoms with Gasteiger partial charge in [0.25, 0.3) is 0 Å². The van der Waals surface area contributed by atoms with E-state index in [-0.39, 0.29) is 30.4 Å². The fraction of sp³-hybridized carbons (Fsp3) is 0.750. The van der Waals surface area contributed by atoms with Crippen LogP contribution in [-0.2, 0) is 14.4 Å². The average Bonchev–Trinajstić information content (AvgIpc) is 2.23. The topological polar surface area (TPSA) is 95.5 Å². The molecule has 0 aliphatic rings. The molecule has 1 amide bonds. The van der Waals surface area contributed by atoms with Crippen molar-refractivity contribution in [1.82, 2.24) is 10.6 Å². The van der Waals surface area contributed by atoms with Gasteiger partial charge in [-0.1, -0.05) is 13.8 Å². The number of rotatable bonds is 8. The van der Waals surface area contributed by atoms with Gasteiger partial charge in [-0.25, -0.2) is 4.79 Å². The van der Waals surface area contributed by atoms with E-state index in [4.69, 9.17) is 5.11 Å². The summed E-state index contributed by atoms with van der Waals surface area (Å²) in [7, 11) is 1.65. The first-order chi connectivity index (χ1) is 8.29. The van der Waals surface area contributed by atoms with Crippen LogP contribution >= 0.6 is 0 Å². The lowest BCUT2D eigenvalue weighted by Gasteiger charge is -2.22. The maximum atomic E-state index is 11.9. The van der Waals surface area contributed by atoms with Gasteiger partial charge in [0, 0.05) is 6.42 Å². The summed E-state index contributed by atoms with van der Waals surface area (Å²) in [4.78, 5) is 33.7. The fourth-order valence-corrected chi connectivity index (χ4v) is 1.63. The normalized spacial score (nSPS) is 14.1. The number of aliphatic carboxylic acids is 1. The van der Waals surface area contributed by atoms with Gasteiger partial charge in [0.15, 0.2) is 0 Å². The summed E-state index contributed by atoms with van der Waals surface area (Å²) in [5, 5.41) is 14.3. The maximum absolute atomic E-state index is 11.9. The van der Waals surface area contributed by atoms with Crippen molar-refractivity contribution >= 4 is 17.7 Å². The Kier molecular flexibility index (Phi) is 7.19. The van der Waals surface area contributed by atoms with E-state index in [9.17, 15) is 14.4 Å². The van der Waals surface area contributed by atoms with E-state index in [0.717, 1.165) is 0 Å². The average molecular weight is 258 g/mol. The number of carbonyl (C=O) groups is 3. The lowest BCUT2D eigenvalue weighted by molar-refractivity contribution is -0.142. The Balaban J connectivity index is 4.53. The van der Waals surface area contributed by atoms with Crippen LogP contribution in [0.3, 0.4) is 0 Å². The van der Waals surface area contributed by atoms with Crippen molar-refractivity contribution in [2.45, 2.75) is 45.7 Å². The van der Waals surface area contributed by atoms with Gasteiger partial charge in [0.1, 0.15) is 11.8 Å². The Labute approximate surface area is 107 Å². The first-order valence-electron chi connectivity index (χ1n) is 5.99. The highest BCUT2D eigenvalue weighted by Gasteiger charge is 2.26. The van der Waals surface area contributed by atoms with E-state index in [1.165, 1.54) is 6.92 Å². The summed E-state index contributed by atoms with van der Waals surface area (Å²) in [6.45, 7) is 5.13. The number of hydrogen-bond donors (Lipinski definition) is 3. The molecule has 0 saturated carbocycles. The maximum Gasteiger partial charge on any atom is 0.326 e. The fourth-order valence-electron chi connectivity index (χ4n) is 1.63. The second-order valence-electron chi connectivity index (χ2n) is 4.65. The number of likely N-dealkylation sites (N-methyl/N-ethyl adjacent to an activating group) is 1. The van der Waals surface area contributed by atoms with Crippen LogP contribution in [0.5, 0.6) is 0 Å². The van der Waals surface area contributed by atoms with E-state index < -0.39 is 18.1 Å². The molecule has 3 N–H and O–H groups in total. The molecule has 0 aliphatic heterocycles. The van der Waals surface area contributed by atoms with E-state index in [1.807, 2.05) is 13.8 Å². The van der Waals surface area contributed by atoms with Gasteiger partial charge < -0.3 is 20.5 Å². The first-order valence-corrected chi connectivity index (χ1v) is 5.99. The number of Topliss-reactive ketones (excluding diaryl/α,β-unsaturated/α-hetero) is 1. The number of hydrogen-bond acceptors (Lipinski definition) is 4. The van der Waals surface area contributed by atoms with Crippen LogP contribution in [0.25, 0.3) is 0 Å². The van der Waals surface area contributed by atoms with Crippen LogP contribution in [0.15, 0.2) is 0 Å². The summed E-state index contributed by atoms with van der Waals surface area (Å²) in [5.74, 6) is -1.52. The van der Waals surface area contributed by atoms with Crippen molar-refractivity contribution in [3.05, 3.63) is 0 Å². The Morgan fingerprint density at radius 2 is 1.78 bits per heavy atom. The van der Waals surface area contributed by atoms with Crippen molar-refractivity contribution in [2.24, 2.45) is 5.92 Å². The summed E-state index contributed by atoms with van der Waals surface area (Å²) in [6.07, 6.45) is 0.258. The molecule has 0 saturated heterocycles. The Morgan fingerprint density at radius 1 is 1.22 bits per heavy atom. The minimum absolute atomic E-state index is 0.0530. The van der Waals surface area contributed by atoms with Crippen LogP contribution in [0, 0.1) is 5.92 Å². The van der Waals surface area contributed by atoms with Crippen LogP contribution in [0.4, 0.5) is 0 Å². The Bertz CT molecular complexity index is 315. The van der Waals surface area contributed by atoms with Crippen molar-refractivity contribution < 1.29 is 19.5 Å². The van der Waals surface area contributed by atoms with E-state index in [0.29, 0.717) is 0 Å². The highest BCUT2D eigenvalue weighted by Crippen LogP contribution is 2.04. The zero-order valence-electron chi connectivity index (χ0n) is 11.3. The zero-order chi connectivity index (χ0) is 14.3. The summed E-state index contributed by atoms with van der Waals surface area (Å²) < 4.78 is 0. The second-order valence-corrected chi connectivity index (χ2v) is 4.65. The summed E-state index contributed by atoms with van der Waals surface area (Å²) in [5.41, 5.74) is 0. The highest BCUT2D eigenvalue weighted by molar-refractivity contribution is 5.87. The monoisotopic (exact) mass is 258 g/mol. The molecule has 0 radical (unpaired) electrons. The molecule has 0 aromatic heterocycles. The third kappa shape index (κ3) is 5.77. The number of carboxylic acids is 1. The molecule has 18 heavy (non-hydrogen) atoms.